The lowest BCUT2D eigenvalue weighted by Gasteiger charge is -2.25. The van der Waals surface area contributed by atoms with Crippen LogP contribution in [0.2, 0.25) is 0 Å². The molecule has 0 saturated heterocycles. The summed E-state index contributed by atoms with van der Waals surface area (Å²) in [5.74, 6) is -0.417. The van der Waals surface area contributed by atoms with Gasteiger partial charge >= 0.3 is 5.97 Å². The molecule has 0 saturated carbocycles. The van der Waals surface area contributed by atoms with Crippen LogP contribution in [-0.4, -0.2) is 32.3 Å². The first-order chi connectivity index (χ1) is 8.41. The summed E-state index contributed by atoms with van der Waals surface area (Å²) in [6.45, 7) is 4.41. The summed E-state index contributed by atoms with van der Waals surface area (Å²) >= 11 is 0. The number of nitrogens with two attached hydrogens (primary N) is 1. The minimum atomic E-state index is -0.417. The molecule has 1 aromatic rings. The van der Waals surface area contributed by atoms with E-state index in [1.54, 1.807) is 25.3 Å². The quantitative estimate of drug-likeness (QED) is 0.618. The van der Waals surface area contributed by atoms with Gasteiger partial charge in [-0.05, 0) is 26.0 Å². The maximum atomic E-state index is 11.6. The van der Waals surface area contributed by atoms with Crippen molar-refractivity contribution in [3.8, 4) is 0 Å². The number of carbonyl (C=O) groups is 1. The Balaban J connectivity index is 2.97. The van der Waals surface area contributed by atoms with Gasteiger partial charge in [-0.3, -0.25) is 0 Å². The van der Waals surface area contributed by atoms with Gasteiger partial charge in [0.15, 0.2) is 0 Å². The third-order valence-corrected chi connectivity index (χ3v) is 2.75. The molecule has 1 rings (SSSR count). The van der Waals surface area contributed by atoms with E-state index in [2.05, 4.69) is 5.32 Å². The van der Waals surface area contributed by atoms with Crippen LogP contribution in [-0.2, 0) is 9.47 Å². The molecule has 0 aromatic heterocycles. The van der Waals surface area contributed by atoms with E-state index in [1.807, 2.05) is 13.8 Å². The normalized spacial score (nSPS) is 11.1. The number of nitrogen functional groups attached to an aromatic ring is 1. The highest BCUT2D eigenvalue weighted by molar-refractivity contribution is 5.98. The molecule has 0 aliphatic rings. The van der Waals surface area contributed by atoms with Crippen molar-refractivity contribution in [2.45, 2.75) is 19.4 Å². The second kappa shape index (κ2) is 5.73. The van der Waals surface area contributed by atoms with E-state index in [0.717, 1.165) is 0 Å². The average molecular weight is 252 g/mol. The number of methoxy groups -OCH3 is 2. The summed E-state index contributed by atoms with van der Waals surface area (Å²) in [6.07, 6.45) is 0. The molecule has 18 heavy (non-hydrogen) atoms. The van der Waals surface area contributed by atoms with Crippen molar-refractivity contribution in [2.75, 3.05) is 31.8 Å². The van der Waals surface area contributed by atoms with Gasteiger partial charge in [0.05, 0.1) is 29.6 Å². The van der Waals surface area contributed by atoms with Gasteiger partial charge in [-0.15, -0.1) is 0 Å². The SMILES string of the molecule is COC(=O)c1cccc(N)c1NCC(C)(C)OC. The topological polar surface area (TPSA) is 73.6 Å². The van der Waals surface area contributed by atoms with Gasteiger partial charge in [0, 0.05) is 13.7 Å². The maximum Gasteiger partial charge on any atom is 0.340 e. The highest BCUT2D eigenvalue weighted by Crippen LogP contribution is 2.25. The predicted octanol–water partition coefficient (Wildman–Crippen LogP) is 1.89. The average Bonchev–Trinajstić information content (AvgIpc) is 2.36. The van der Waals surface area contributed by atoms with Crippen molar-refractivity contribution in [3.05, 3.63) is 23.8 Å². The van der Waals surface area contributed by atoms with Crippen molar-refractivity contribution in [1.82, 2.24) is 0 Å². The van der Waals surface area contributed by atoms with Gasteiger partial charge in [-0.2, -0.15) is 0 Å². The standard InChI is InChI=1S/C13H20N2O3/c1-13(2,18-4)8-15-11-9(12(16)17-3)6-5-7-10(11)14/h5-7,15H,8,14H2,1-4H3. The van der Waals surface area contributed by atoms with E-state index in [0.29, 0.717) is 23.5 Å². The first kappa shape index (κ1) is 14.3. The van der Waals surface area contributed by atoms with E-state index >= 15 is 0 Å². The van der Waals surface area contributed by atoms with Crippen molar-refractivity contribution >= 4 is 17.3 Å². The summed E-state index contributed by atoms with van der Waals surface area (Å²) in [5, 5.41) is 3.14. The maximum absolute atomic E-state index is 11.6. The molecule has 0 aliphatic carbocycles. The monoisotopic (exact) mass is 252 g/mol. The lowest BCUT2D eigenvalue weighted by Crippen LogP contribution is -2.32. The Kier molecular flexibility index (Phi) is 4.55. The Morgan fingerprint density at radius 3 is 2.61 bits per heavy atom. The molecular formula is C13H20N2O3. The number of esters is 1. The molecule has 0 atom stereocenters. The fourth-order valence-corrected chi connectivity index (χ4v) is 1.42. The largest absolute Gasteiger partial charge is 0.465 e. The Morgan fingerprint density at radius 2 is 2.06 bits per heavy atom. The molecule has 0 amide bonds. The van der Waals surface area contributed by atoms with Crippen molar-refractivity contribution in [1.29, 1.82) is 0 Å². The zero-order chi connectivity index (χ0) is 13.8. The van der Waals surface area contributed by atoms with Crippen LogP contribution in [0.4, 0.5) is 11.4 Å². The van der Waals surface area contributed by atoms with Crippen LogP contribution in [0.3, 0.4) is 0 Å². The fraction of sp³-hybridized carbons (Fsp3) is 0.462. The van der Waals surface area contributed by atoms with Gasteiger partial charge < -0.3 is 20.5 Å². The van der Waals surface area contributed by atoms with Crippen LogP contribution in [0.1, 0.15) is 24.2 Å². The van der Waals surface area contributed by atoms with Gasteiger partial charge in [0.25, 0.3) is 0 Å². The Hall–Kier alpha value is -1.75. The Bertz CT molecular complexity index is 430. The smallest absolute Gasteiger partial charge is 0.340 e. The molecule has 0 spiro atoms. The second-order valence-electron chi connectivity index (χ2n) is 4.58. The van der Waals surface area contributed by atoms with E-state index in [-0.39, 0.29) is 5.60 Å². The van der Waals surface area contributed by atoms with Crippen LogP contribution in [0.25, 0.3) is 0 Å². The summed E-state index contributed by atoms with van der Waals surface area (Å²) in [6, 6.07) is 5.12. The molecule has 5 nitrogen and oxygen atoms in total. The minimum absolute atomic E-state index is 0.352. The van der Waals surface area contributed by atoms with Gasteiger partial charge in [0.2, 0.25) is 0 Å². The van der Waals surface area contributed by atoms with Crippen molar-refractivity contribution in [3.63, 3.8) is 0 Å². The summed E-state index contributed by atoms with van der Waals surface area (Å²) in [5.41, 5.74) is 7.03. The van der Waals surface area contributed by atoms with Crippen molar-refractivity contribution < 1.29 is 14.3 Å². The Morgan fingerprint density at radius 1 is 1.39 bits per heavy atom. The molecule has 100 valence electrons. The number of carbonyl (C=O) groups excluding carboxylic acids is 1. The van der Waals surface area contributed by atoms with E-state index in [1.165, 1.54) is 7.11 Å². The van der Waals surface area contributed by atoms with Crippen LogP contribution < -0.4 is 11.1 Å². The zero-order valence-electron chi connectivity index (χ0n) is 11.2. The van der Waals surface area contributed by atoms with Crippen molar-refractivity contribution in [2.24, 2.45) is 0 Å². The molecule has 0 bridgehead atoms. The first-order valence-corrected chi connectivity index (χ1v) is 5.67. The van der Waals surface area contributed by atoms with Crippen LogP contribution in [0.5, 0.6) is 0 Å². The molecular weight excluding hydrogens is 232 g/mol. The molecule has 0 aliphatic heterocycles. The summed E-state index contributed by atoms with van der Waals surface area (Å²) < 4.78 is 10.0. The van der Waals surface area contributed by atoms with Gasteiger partial charge in [-0.1, -0.05) is 6.07 Å². The fourth-order valence-electron chi connectivity index (χ4n) is 1.42. The zero-order valence-corrected chi connectivity index (χ0v) is 11.2. The highest BCUT2D eigenvalue weighted by atomic mass is 16.5. The van der Waals surface area contributed by atoms with Crippen LogP contribution >= 0.6 is 0 Å². The molecule has 0 fully saturated rings. The highest BCUT2D eigenvalue weighted by Gasteiger charge is 2.19. The molecule has 5 heteroatoms. The molecule has 0 radical (unpaired) electrons. The number of hydrogen-bond donors (Lipinski definition) is 2. The summed E-state index contributed by atoms with van der Waals surface area (Å²) in [4.78, 5) is 11.6. The van der Waals surface area contributed by atoms with Crippen LogP contribution in [0, 0.1) is 0 Å². The lowest BCUT2D eigenvalue weighted by molar-refractivity contribution is 0.0343. The van der Waals surface area contributed by atoms with Gasteiger partial charge in [0.1, 0.15) is 0 Å². The number of ether oxygens (including phenoxy) is 2. The summed E-state index contributed by atoms with van der Waals surface area (Å²) in [7, 11) is 2.98. The number of benzene rings is 1. The number of nitrogens with one attached hydrogen (secondary N) is 1. The van der Waals surface area contributed by atoms with E-state index < -0.39 is 5.97 Å². The number of rotatable bonds is 5. The predicted molar refractivity (Wildman–Crippen MR) is 71.8 cm³/mol. The molecule has 3 N–H and O–H groups in total. The Labute approximate surface area is 107 Å². The second-order valence-corrected chi connectivity index (χ2v) is 4.58. The van der Waals surface area contributed by atoms with E-state index in [9.17, 15) is 4.79 Å². The molecule has 0 heterocycles. The third kappa shape index (κ3) is 3.37. The molecule has 0 unspecified atom stereocenters. The van der Waals surface area contributed by atoms with Crippen LogP contribution in [0.15, 0.2) is 18.2 Å². The van der Waals surface area contributed by atoms with E-state index in [4.69, 9.17) is 15.2 Å². The number of hydrogen-bond acceptors (Lipinski definition) is 5. The molecule has 1 aromatic carbocycles. The third-order valence-electron chi connectivity index (χ3n) is 2.75. The number of anilines is 2. The van der Waals surface area contributed by atoms with Gasteiger partial charge in [-0.25, -0.2) is 4.79 Å². The number of para-hydroxylation sites is 1. The first-order valence-electron chi connectivity index (χ1n) is 5.67. The lowest BCUT2D eigenvalue weighted by atomic mass is 10.1. The minimum Gasteiger partial charge on any atom is -0.465 e.